The summed E-state index contributed by atoms with van der Waals surface area (Å²) in [6.45, 7) is 3.50. The maximum Gasteiger partial charge on any atom is 0.165 e. The van der Waals surface area contributed by atoms with Crippen molar-refractivity contribution in [3.05, 3.63) is 29.3 Å². The van der Waals surface area contributed by atoms with Crippen molar-refractivity contribution >= 4 is 11.9 Å². The van der Waals surface area contributed by atoms with Gasteiger partial charge in [0.1, 0.15) is 30.7 Å². The van der Waals surface area contributed by atoms with E-state index < -0.39 is 30.2 Å². The van der Waals surface area contributed by atoms with Crippen molar-refractivity contribution < 1.29 is 34.0 Å². The molecular weight excluding hydrogens is 328 g/mol. The lowest BCUT2D eigenvalue weighted by Gasteiger charge is -2.33. The van der Waals surface area contributed by atoms with Crippen LogP contribution in [0.25, 0.3) is 5.57 Å². The summed E-state index contributed by atoms with van der Waals surface area (Å²) in [4.78, 5) is 11.2. The molecule has 1 aromatic rings. The number of aldehydes is 1. The van der Waals surface area contributed by atoms with Crippen LogP contribution >= 0.6 is 0 Å². The fourth-order valence-corrected chi connectivity index (χ4v) is 3.36. The first-order valence-corrected chi connectivity index (χ1v) is 7.96. The van der Waals surface area contributed by atoms with Crippen molar-refractivity contribution in [1.29, 1.82) is 0 Å². The number of benzene rings is 1. The summed E-state index contributed by atoms with van der Waals surface area (Å²) in [5.74, 6) is -0.840. The van der Waals surface area contributed by atoms with Crippen LogP contribution in [0.15, 0.2) is 18.2 Å². The molecule has 0 spiro atoms. The Balaban J connectivity index is 2.15. The average molecular weight is 350 g/mol. The van der Waals surface area contributed by atoms with E-state index in [1.807, 2.05) is 0 Å². The van der Waals surface area contributed by atoms with Gasteiger partial charge < -0.3 is 29.2 Å². The van der Waals surface area contributed by atoms with E-state index in [1.54, 1.807) is 26.0 Å². The Bertz CT molecular complexity index is 710. The molecule has 1 fully saturated rings. The topological polar surface area (TPSA) is 94.5 Å². The first-order valence-electron chi connectivity index (χ1n) is 7.96. The van der Waals surface area contributed by atoms with Crippen LogP contribution in [0.1, 0.15) is 29.8 Å². The number of ether oxygens (including phenoxy) is 4. The van der Waals surface area contributed by atoms with E-state index in [2.05, 4.69) is 0 Å². The second-order valence-electron chi connectivity index (χ2n) is 6.57. The van der Waals surface area contributed by atoms with Gasteiger partial charge in [0.25, 0.3) is 0 Å². The van der Waals surface area contributed by atoms with Crippen LogP contribution < -0.4 is 4.74 Å². The van der Waals surface area contributed by atoms with E-state index in [4.69, 9.17) is 18.9 Å². The summed E-state index contributed by atoms with van der Waals surface area (Å²) in [6.07, 6.45) is -0.484. The molecule has 1 saturated heterocycles. The van der Waals surface area contributed by atoms with Gasteiger partial charge in [-0.2, -0.15) is 0 Å². The fraction of sp³-hybridized carbons (Fsp3) is 0.500. The summed E-state index contributed by atoms with van der Waals surface area (Å²) in [7, 11) is 2.89. The molecule has 0 saturated carbocycles. The molecule has 0 radical (unpaired) electrons. The van der Waals surface area contributed by atoms with Gasteiger partial charge in [-0.15, -0.1) is 0 Å². The van der Waals surface area contributed by atoms with Crippen molar-refractivity contribution in [2.45, 2.75) is 44.1 Å². The number of hydrogen-bond acceptors (Lipinski definition) is 7. The van der Waals surface area contributed by atoms with Gasteiger partial charge in [-0.25, -0.2) is 0 Å². The predicted molar refractivity (Wildman–Crippen MR) is 88.7 cm³/mol. The van der Waals surface area contributed by atoms with Gasteiger partial charge in [0.2, 0.25) is 0 Å². The largest absolute Gasteiger partial charge is 0.504 e. The summed E-state index contributed by atoms with van der Waals surface area (Å²) in [5.41, 5.74) is 1.30. The molecule has 4 atom stereocenters. The Kier molecular flexibility index (Phi) is 4.59. The molecule has 1 heterocycles. The van der Waals surface area contributed by atoms with Gasteiger partial charge in [0.15, 0.2) is 17.3 Å². The SMILES string of the molecule is COc1cc(C=O)cc(C2=C[C@H](OC)[C@@H](O)[C@@H]3OC(C)(C)O[C@H]23)c1O. The van der Waals surface area contributed by atoms with Crippen LogP contribution in [0.2, 0.25) is 0 Å². The Labute approximate surface area is 145 Å². The van der Waals surface area contributed by atoms with Gasteiger partial charge in [-0.1, -0.05) is 0 Å². The summed E-state index contributed by atoms with van der Waals surface area (Å²) >= 11 is 0. The fourth-order valence-electron chi connectivity index (χ4n) is 3.36. The summed E-state index contributed by atoms with van der Waals surface area (Å²) in [6, 6.07) is 3.00. The van der Waals surface area contributed by atoms with E-state index in [0.717, 1.165) is 0 Å². The minimum absolute atomic E-state index is 0.113. The molecule has 7 heteroatoms. The second kappa shape index (κ2) is 6.42. The molecule has 1 aliphatic heterocycles. The lowest BCUT2D eigenvalue weighted by molar-refractivity contribution is -0.159. The second-order valence-corrected chi connectivity index (χ2v) is 6.57. The zero-order chi connectivity index (χ0) is 18.4. The van der Waals surface area contributed by atoms with E-state index in [9.17, 15) is 15.0 Å². The third-order valence-corrected chi connectivity index (χ3v) is 4.49. The lowest BCUT2D eigenvalue weighted by atomic mass is 9.85. The van der Waals surface area contributed by atoms with Crippen LogP contribution in [0.5, 0.6) is 11.5 Å². The summed E-state index contributed by atoms with van der Waals surface area (Å²) in [5, 5.41) is 21.0. The van der Waals surface area contributed by atoms with Gasteiger partial charge in [-0.05, 0) is 37.6 Å². The molecule has 1 aliphatic carbocycles. The third-order valence-electron chi connectivity index (χ3n) is 4.49. The van der Waals surface area contributed by atoms with Crippen LogP contribution in [0.4, 0.5) is 0 Å². The molecule has 2 N–H and O–H groups in total. The van der Waals surface area contributed by atoms with Crippen LogP contribution in [-0.2, 0) is 14.2 Å². The molecule has 7 nitrogen and oxygen atoms in total. The minimum atomic E-state index is -0.918. The highest BCUT2D eigenvalue weighted by atomic mass is 16.8. The first-order chi connectivity index (χ1) is 11.8. The van der Waals surface area contributed by atoms with Gasteiger partial charge in [0, 0.05) is 18.2 Å². The highest BCUT2D eigenvalue weighted by Gasteiger charge is 2.51. The number of aliphatic hydroxyl groups is 1. The molecule has 25 heavy (non-hydrogen) atoms. The van der Waals surface area contributed by atoms with Gasteiger partial charge >= 0.3 is 0 Å². The number of carbonyl (C=O) groups excluding carboxylic acids is 1. The number of methoxy groups -OCH3 is 2. The monoisotopic (exact) mass is 350 g/mol. The van der Waals surface area contributed by atoms with Gasteiger partial charge in [-0.3, -0.25) is 4.79 Å². The maximum atomic E-state index is 11.2. The number of hydrogen-bond donors (Lipinski definition) is 2. The molecule has 0 bridgehead atoms. The highest BCUT2D eigenvalue weighted by Crippen LogP contribution is 2.45. The first kappa shape index (κ1) is 17.9. The number of phenolic OH excluding ortho intramolecular Hbond substituents is 1. The zero-order valence-corrected chi connectivity index (χ0v) is 14.6. The molecule has 0 unspecified atom stereocenters. The Morgan fingerprint density at radius 1 is 1.24 bits per heavy atom. The molecular formula is C18H22O7. The molecule has 0 aromatic heterocycles. The van der Waals surface area contributed by atoms with E-state index in [-0.39, 0.29) is 11.5 Å². The molecule has 2 aliphatic rings. The number of phenols is 1. The highest BCUT2D eigenvalue weighted by molar-refractivity contribution is 5.84. The summed E-state index contributed by atoms with van der Waals surface area (Å²) < 4.78 is 22.3. The Hall–Kier alpha value is -1.93. The third kappa shape index (κ3) is 3.04. The van der Waals surface area contributed by atoms with Crippen molar-refractivity contribution in [1.82, 2.24) is 0 Å². The number of fused-ring (bicyclic) bond motifs is 1. The van der Waals surface area contributed by atoms with Gasteiger partial charge in [0.05, 0.1) is 7.11 Å². The molecule has 136 valence electrons. The van der Waals surface area contributed by atoms with E-state index in [1.165, 1.54) is 20.3 Å². The predicted octanol–water partition coefficient (Wildman–Crippen LogP) is 1.51. The van der Waals surface area contributed by atoms with Crippen molar-refractivity contribution in [2.75, 3.05) is 14.2 Å². The average Bonchev–Trinajstić information content (AvgIpc) is 2.92. The zero-order valence-electron chi connectivity index (χ0n) is 14.6. The Morgan fingerprint density at radius 2 is 1.96 bits per heavy atom. The number of aromatic hydroxyl groups is 1. The van der Waals surface area contributed by atoms with Crippen molar-refractivity contribution in [3.63, 3.8) is 0 Å². The van der Waals surface area contributed by atoms with E-state index >= 15 is 0 Å². The number of rotatable bonds is 4. The molecule has 0 amide bonds. The van der Waals surface area contributed by atoms with Crippen molar-refractivity contribution in [2.24, 2.45) is 0 Å². The van der Waals surface area contributed by atoms with Crippen LogP contribution in [0, 0.1) is 0 Å². The normalized spacial score (nSPS) is 30.5. The van der Waals surface area contributed by atoms with Crippen molar-refractivity contribution in [3.8, 4) is 11.5 Å². The molecule has 1 aromatic carbocycles. The van der Waals surface area contributed by atoms with E-state index in [0.29, 0.717) is 23.0 Å². The van der Waals surface area contributed by atoms with Crippen LogP contribution in [-0.4, -0.2) is 60.9 Å². The number of carbonyl (C=O) groups is 1. The smallest absolute Gasteiger partial charge is 0.165 e. The Morgan fingerprint density at radius 3 is 2.56 bits per heavy atom. The minimum Gasteiger partial charge on any atom is -0.504 e. The maximum absolute atomic E-state index is 11.2. The quantitative estimate of drug-likeness (QED) is 0.795. The standard InChI is InChI=1S/C18H22O7/c1-18(2)24-16-11(7-13(23-4)15(21)17(16)25-18)10-5-9(8-19)6-12(22-3)14(10)20/h5-8,13,15-17,20-21H,1-4H3/t13-,15+,16+,17-/m0/s1. The lowest BCUT2D eigenvalue weighted by Crippen LogP contribution is -2.47. The molecule has 3 rings (SSSR count). The van der Waals surface area contributed by atoms with Crippen LogP contribution in [0.3, 0.4) is 0 Å². The number of aliphatic hydroxyl groups excluding tert-OH is 1.